The molecule has 5 rings (SSSR count). The van der Waals surface area contributed by atoms with Crippen LogP contribution in [0.1, 0.15) is 35.2 Å². The van der Waals surface area contributed by atoms with Crippen molar-refractivity contribution in [2.24, 2.45) is 0 Å². The summed E-state index contributed by atoms with van der Waals surface area (Å²) >= 11 is 6.02. The van der Waals surface area contributed by atoms with Crippen LogP contribution in [0.25, 0.3) is 11.1 Å². The summed E-state index contributed by atoms with van der Waals surface area (Å²) in [4.78, 5) is 39.4. The molecule has 0 spiro atoms. The van der Waals surface area contributed by atoms with Crippen molar-refractivity contribution in [2.75, 3.05) is 6.61 Å². The summed E-state index contributed by atoms with van der Waals surface area (Å²) in [5.74, 6) is -0.866. The minimum atomic E-state index is -1.00. The van der Waals surface area contributed by atoms with E-state index in [1.54, 1.807) is 24.3 Å². The van der Waals surface area contributed by atoms with Gasteiger partial charge in [0.05, 0.1) is 6.10 Å². The van der Waals surface area contributed by atoms with Gasteiger partial charge in [-0.05, 0) is 60.2 Å². The second-order valence-electron chi connectivity index (χ2n) is 9.38. The highest BCUT2D eigenvalue weighted by Crippen LogP contribution is 2.38. The molecule has 1 aliphatic heterocycles. The fraction of sp³-hybridized carbons (Fsp3) is 0.276. The molecule has 3 unspecified atom stereocenters. The number of benzene rings is 3. The van der Waals surface area contributed by atoms with Gasteiger partial charge in [-0.3, -0.25) is 14.4 Å². The molecule has 6 nitrogen and oxygen atoms in total. The quantitative estimate of drug-likeness (QED) is 0.503. The van der Waals surface area contributed by atoms with Gasteiger partial charge in [0.25, 0.3) is 5.91 Å². The normalized spacial score (nSPS) is 21.6. The van der Waals surface area contributed by atoms with Gasteiger partial charge >= 0.3 is 0 Å². The van der Waals surface area contributed by atoms with Crippen LogP contribution in [-0.2, 0) is 20.7 Å². The van der Waals surface area contributed by atoms with Crippen molar-refractivity contribution in [1.82, 2.24) is 10.6 Å². The smallest absolute Gasteiger partial charge is 0.251 e. The zero-order valence-electron chi connectivity index (χ0n) is 19.7. The predicted molar refractivity (Wildman–Crippen MR) is 138 cm³/mol. The molecule has 1 heterocycles. The molecule has 7 heteroatoms. The molecule has 0 bridgehead atoms. The first-order chi connectivity index (χ1) is 17.4. The van der Waals surface area contributed by atoms with Crippen LogP contribution in [-0.4, -0.2) is 41.9 Å². The van der Waals surface area contributed by atoms with E-state index in [4.69, 9.17) is 16.3 Å². The lowest BCUT2D eigenvalue weighted by Crippen LogP contribution is -2.60. The van der Waals surface area contributed by atoms with E-state index in [2.05, 4.69) is 10.6 Å². The van der Waals surface area contributed by atoms with E-state index in [9.17, 15) is 14.4 Å². The maximum atomic E-state index is 13.5. The maximum Gasteiger partial charge on any atom is 0.251 e. The van der Waals surface area contributed by atoms with E-state index < -0.39 is 17.5 Å². The van der Waals surface area contributed by atoms with E-state index in [1.807, 2.05) is 54.6 Å². The summed E-state index contributed by atoms with van der Waals surface area (Å²) in [5, 5.41) is 6.44. The molecule has 2 aliphatic rings. The molecule has 184 valence electrons. The highest BCUT2D eigenvalue weighted by atomic mass is 35.5. The van der Waals surface area contributed by atoms with E-state index in [-0.39, 0.29) is 30.8 Å². The molecular weight excluding hydrogens is 476 g/mol. The van der Waals surface area contributed by atoms with Gasteiger partial charge in [-0.1, -0.05) is 66.2 Å². The van der Waals surface area contributed by atoms with Gasteiger partial charge in [-0.2, -0.15) is 0 Å². The largest absolute Gasteiger partial charge is 0.367 e. The van der Waals surface area contributed by atoms with Crippen LogP contribution in [0, 0.1) is 0 Å². The Morgan fingerprint density at radius 3 is 2.39 bits per heavy atom. The lowest BCUT2D eigenvalue weighted by atomic mass is 9.91. The average Bonchev–Trinajstić information content (AvgIpc) is 3.44. The Hall–Kier alpha value is -3.48. The number of halogens is 1. The number of ketones is 1. The lowest BCUT2D eigenvalue weighted by Gasteiger charge is -2.30. The van der Waals surface area contributed by atoms with E-state index in [1.165, 1.54) is 0 Å². The molecule has 3 atom stereocenters. The Labute approximate surface area is 215 Å². The van der Waals surface area contributed by atoms with Crippen LogP contribution >= 0.6 is 11.6 Å². The van der Waals surface area contributed by atoms with Gasteiger partial charge in [0.15, 0.2) is 5.78 Å². The molecule has 3 aromatic carbocycles. The third-order valence-electron chi connectivity index (χ3n) is 7.08. The Kier molecular flexibility index (Phi) is 6.90. The number of rotatable bonds is 7. The first-order valence-corrected chi connectivity index (χ1v) is 12.5. The minimum Gasteiger partial charge on any atom is -0.367 e. The first-order valence-electron chi connectivity index (χ1n) is 12.1. The molecule has 1 aliphatic carbocycles. The average molecular weight is 503 g/mol. The summed E-state index contributed by atoms with van der Waals surface area (Å²) in [5.41, 5.74) is 2.33. The second-order valence-corrected chi connectivity index (χ2v) is 9.81. The van der Waals surface area contributed by atoms with E-state index in [0.717, 1.165) is 29.5 Å². The number of hydrogen-bond acceptors (Lipinski definition) is 4. The summed E-state index contributed by atoms with van der Waals surface area (Å²) in [6.45, 7) is 0.00686. The van der Waals surface area contributed by atoms with Crippen molar-refractivity contribution in [2.45, 2.75) is 43.4 Å². The van der Waals surface area contributed by atoms with E-state index in [0.29, 0.717) is 17.0 Å². The molecule has 1 saturated carbocycles. The summed E-state index contributed by atoms with van der Waals surface area (Å²) in [6, 6.07) is 23.4. The van der Waals surface area contributed by atoms with Gasteiger partial charge in [-0.25, -0.2) is 0 Å². The lowest BCUT2D eigenvalue weighted by molar-refractivity contribution is -0.131. The van der Waals surface area contributed by atoms with Crippen LogP contribution < -0.4 is 10.6 Å². The van der Waals surface area contributed by atoms with Crippen LogP contribution in [0.5, 0.6) is 0 Å². The standard InChI is InChI=1S/C29H27ClN2O4/c30-23-14-8-19(9-15-23)17-24(28(35)32-29-16-4-7-26(29)36-18-25(29)33)31-27(34)22-12-10-21(11-13-22)20-5-2-1-3-6-20/h1-3,5-6,8-15,24,26H,4,7,16-18H2,(H,31,34)(H,32,35). The topological polar surface area (TPSA) is 84.5 Å². The third kappa shape index (κ3) is 4.92. The summed E-state index contributed by atoms with van der Waals surface area (Å²) < 4.78 is 5.64. The van der Waals surface area contributed by atoms with Gasteiger partial charge < -0.3 is 15.4 Å². The fourth-order valence-corrected chi connectivity index (χ4v) is 5.22. The molecule has 3 aromatic rings. The Morgan fingerprint density at radius 1 is 0.972 bits per heavy atom. The number of nitrogens with one attached hydrogen (secondary N) is 2. The maximum absolute atomic E-state index is 13.5. The molecule has 36 heavy (non-hydrogen) atoms. The fourth-order valence-electron chi connectivity index (χ4n) is 5.09. The van der Waals surface area contributed by atoms with Gasteiger partial charge in [0.1, 0.15) is 18.2 Å². The van der Waals surface area contributed by atoms with Crippen molar-refractivity contribution in [3.8, 4) is 11.1 Å². The molecular formula is C29H27ClN2O4. The van der Waals surface area contributed by atoms with Crippen molar-refractivity contribution in [3.05, 3.63) is 95.0 Å². The molecule has 0 radical (unpaired) electrons. The zero-order chi connectivity index (χ0) is 25.1. The van der Waals surface area contributed by atoms with E-state index >= 15 is 0 Å². The molecule has 2 amide bonds. The SMILES string of the molecule is O=C(NC(Cc1ccc(Cl)cc1)C(=O)NC12CCCC1OCC2=O)c1ccc(-c2ccccc2)cc1. The number of Topliss-reactive ketones (excluding diaryl/α,β-unsaturated/α-hetero) is 1. The highest BCUT2D eigenvalue weighted by Gasteiger charge is 2.55. The van der Waals surface area contributed by atoms with Crippen molar-refractivity contribution >= 4 is 29.2 Å². The highest BCUT2D eigenvalue weighted by molar-refractivity contribution is 6.30. The number of carbonyl (C=O) groups excluding carboxylic acids is 3. The van der Waals surface area contributed by atoms with Crippen molar-refractivity contribution in [1.29, 1.82) is 0 Å². The van der Waals surface area contributed by atoms with Crippen LogP contribution in [0.3, 0.4) is 0 Å². The molecule has 1 saturated heterocycles. The minimum absolute atomic E-state index is 0.00686. The number of fused-ring (bicyclic) bond motifs is 1. The molecule has 2 fully saturated rings. The zero-order valence-corrected chi connectivity index (χ0v) is 20.5. The Balaban J connectivity index is 1.35. The van der Waals surface area contributed by atoms with Gasteiger partial charge in [0, 0.05) is 17.0 Å². The van der Waals surface area contributed by atoms with Crippen LogP contribution in [0.4, 0.5) is 0 Å². The number of carbonyl (C=O) groups is 3. The Morgan fingerprint density at radius 2 is 1.67 bits per heavy atom. The first kappa shape index (κ1) is 24.2. The number of hydrogen-bond donors (Lipinski definition) is 2. The molecule has 2 N–H and O–H groups in total. The third-order valence-corrected chi connectivity index (χ3v) is 7.33. The van der Waals surface area contributed by atoms with Crippen molar-refractivity contribution in [3.63, 3.8) is 0 Å². The summed E-state index contributed by atoms with van der Waals surface area (Å²) in [7, 11) is 0. The number of ether oxygens (including phenoxy) is 1. The monoisotopic (exact) mass is 502 g/mol. The van der Waals surface area contributed by atoms with Crippen LogP contribution in [0.15, 0.2) is 78.9 Å². The Bertz CT molecular complexity index is 1260. The van der Waals surface area contributed by atoms with Gasteiger partial charge in [0.2, 0.25) is 5.91 Å². The second kappa shape index (κ2) is 10.2. The molecule has 0 aromatic heterocycles. The van der Waals surface area contributed by atoms with Crippen molar-refractivity contribution < 1.29 is 19.1 Å². The number of amides is 2. The van der Waals surface area contributed by atoms with Crippen LogP contribution in [0.2, 0.25) is 5.02 Å². The summed E-state index contributed by atoms with van der Waals surface area (Å²) in [6.07, 6.45) is 2.02. The van der Waals surface area contributed by atoms with Gasteiger partial charge in [-0.15, -0.1) is 0 Å². The predicted octanol–water partition coefficient (Wildman–Crippen LogP) is 4.35.